The average molecular weight is 529 g/mol. The Bertz CT molecular complexity index is 1410. The second-order valence-corrected chi connectivity index (χ2v) is 13.4. The average Bonchev–Trinajstić information content (AvgIpc) is 3.52. The Morgan fingerprint density at radius 1 is 1.00 bits per heavy atom. The molecule has 0 heteroatoms. The van der Waals surface area contributed by atoms with Crippen molar-refractivity contribution >= 4 is 5.57 Å². The van der Waals surface area contributed by atoms with E-state index < -0.39 is 0 Å². The van der Waals surface area contributed by atoms with Crippen LogP contribution in [0.3, 0.4) is 0 Å². The van der Waals surface area contributed by atoms with Gasteiger partial charge in [-0.3, -0.25) is 0 Å². The van der Waals surface area contributed by atoms with Crippen LogP contribution in [0.2, 0.25) is 0 Å². The van der Waals surface area contributed by atoms with Crippen molar-refractivity contribution in [3.63, 3.8) is 0 Å². The molecule has 208 valence electrons. The molecule has 4 atom stereocenters. The van der Waals surface area contributed by atoms with Crippen LogP contribution in [0.4, 0.5) is 0 Å². The highest BCUT2D eigenvalue weighted by Crippen LogP contribution is 2.57. The summed E-state index contributed by atoms with van der Waals surface area (Å²) in [6.07, 6.45) is 15.0. The maximum Gasteiger partial charge on any atom is 0.0123 e. The lowest BCUT2D eigenvalue weighted by atomic mass is 9.62. The van der Waals surface area contributed by atoms with Gasteiger partial charge in [-0.25, -0.2) is 0 Å². The van der Waals surface area contributed by atoms with Crippen LogP contribution in [-0.2, 0) is 11.8 Å². The Hall–Kier alpha value is -3.12. The topological polar surface area (TPSA) is 0 Å². The first-order chi connectivity index (χ1) is 19.1. The fraction of sp³-hybridized carbons (Fsp3) is 0.400. The number of hydrogen-bond donors (Lipinski definition) is 0. The van der Waals surface area contributed by atoms with Crippen molar-refractivity contribution < 1.29 is 0 Å². The van der Waals surface area contributed by atoms with Crippen LogP contribution >= 0.6 is 0 Å². The number of fused-ring (bicyclic) bond motifs is 1. The number of rotatable bonds is 7. The van der Waals surface area contributed by atoms with Gasteiger partial charge in [-0.15, -0.1) is 0 Å². The van der Waals surface area contributed by atoms with Gasteiger partial charge in [0.25, 0.3) is 0 Å². The standard InChI is InChI=1S/C40H48/c1-9-12-26(3)37-27(4)21-35-24-34(28(5)38(35)39(37)31-18-15-29(10-2)16-19-31)23-30-17-20-33(22-30)32-13-11-14-36(25-32)40(6,7)8/h11,13-21,23,25,27,37-39H,3,5,9-10,12,22,24H2,1-2,4,6-8H3/b34-23-. The fourth-order valence-corrected chi connectivity index (χ4v) is 7.34. The highest BCUT2D eigenvalue weighted by atomic mass is 14.5. The van der Waals surface area contributed by atoms with Gasteiger partial charge in [0.15, 0.2) is 0 Å². The summed E-state index contributed by atoms with van der Waals surface area (Å²) >= 11 is 0. The maximum absolute atomic E-state index is 4.77. The lowest BCUT2D eigenvalue weighted by molar-refractivity contribution is 0.322. The van der Waals surface area contributed by atoms with Crippen molar-refractivity contribution in [1.29, 1.82) is 0 Å². The lowest BCUT2D eigenvalue weighted by Gasteiger charge is -2.41. The summed E-state index contributed by atoms with van der Waals surface area (Å²) in [4.78, 5) is 0. The van der Waals surface area contributed by atoms with Crippen LogP contribution < -0.4 is 0 Å². The summed E-state index contributed by atoms with van der Waals surface area (Å²) in [5, 5.41) is 0. The second kappa shape index (κ2) is 11.4. The number of benzene rings is 2. The zero-order valence-electron chi connectivity index (χ0n) is 25.7. The molecule has 4 unspecified atom stereocenters. The number of allylic oxidation sites excluding steroid dienone is 10. The van der Waals surface area contributed by atoms with Gasteiger partial charge in [0.05, 0.1) is 0 Å². The van der Waals surface area contributed by atoms with Gasteiger partial charge in [0.2, 0.25) is 0 Å². The van der Waals surface area contributed by atoms with E-state index in [4.69, 9.17) is 6.58 Å². The quantitative estimate of drug-likeness (QED) is 0.313. The molecule has 3 aliphatic carbocycles. The van der Waals surface area contributed by atoms with Crippen molar-refractivity contribution in [1.82, 2.24) is 0 Å². The van der Waals surface area contributed by atoms with Crippen LogP contribution in [0.25, 0.3) is 5.57 Å². The van der Waals surface area contributed by atoms with Crippen LogP contribution in [0, 0.1) is 17.8 Å². The Morgan fingerprint density at radius 2 is 1.75 bits per heavy atom. The van der Waals surface area contributed by atoms with E-state index >= 15 is 0 Å². The van der Waals surface area contributed by atoms with E-state index in [9.17, 15) is 0 Å². The molecule has 0 saturated heterocycles. The van der Waals surface area contributed by atoms with Gasteiger partial charge in [-0.05, 0) is 87.5 Å². The molecule has 2 aromatic rings. The molecule has 0 spiro atoms. The molecule has 0 amide bonds. The summed E-state index contributed by atoms with van der Waals surface area (Å²) in [5.41, 5.74) is 14.3. The van der Waals surface area contributed by atoms with Crippen LogP contribution in [0.15, 0.2) is 114 Å². The SMILES string of the molecule is C=C1/C(=C\C2=CC=C(c3cccc(C(C)(C)C)c3)C2)CC2=CC(C)C(C(=C)CCC)C(c3ccc(CC)cc3)C12. The third-order valence-electron chi connectivity index (χ3n) is 9.54. The first kappa shape index (κ1) is 28.4. The predicted molar refractivity (Wildman–Crippen MR) is 174 cm³/mol. The summed E-state index contributed by atoms with van der Waals surface area (Å²) in [6, 6.07) is 18.5. The minimum atomic E-state index is 0.157. The van der Waals surface area contributed by atoms with Crippen LogP contribution in [0.1, 0.15) is 95.4 Å². The highest BCUT2D eigenvalue weighted by molar-refractivity contribution is 5.74. The Balaban J connectivity index is 1.42. The second-order valence-electron chi connectivity index (χ2n) is 13.4. The maximum atomic E-state index is 4.77. The smallest absolute Gasteiger partial charge is 0.0123 e. The van der Waals surface area contributed by atoms with Gasteiger partial charge >= 0.3 is 0 Å². The summed E-state index contributed by atoms with van der Waals surface area (Å²) in [7, 11) is 0. The first-order valence-corrected chi connectivity index (χ1v) is 15.5. The zero-order valence-corrected chi connectivity index (χ0v) is 25.7. The van der Waals surface area contributed by atoms with E-state index in [1.807, 2.05) is 0 Å². The van der Waals surface area contributed by atoms with Crippen molar-refractivity contribution in [3.8, 4) is 0 Å². The monoisotopic (exact) mass is 528 g/mol. The molecule has 0 nitrogen and oxygen atoms in total. The third kappa shape index (κ3) is 5.56. The molecular formula is C40H48. The molecule has 40 heavy (non-hydrogen) atoms. The first-order valence-electron chi connectivity index (χ1n) is 15.5. The molecule has 0 heterocycles. The molecule has 2 aromatic carbocycles. The van der Waals surface area contributed by atoms with E-state index in [0.717, 1.165) is 32.1 Å². The fourth-order valence-electron chi connectivity index (χ4n) is 7.34. The summed E-state index contributed by atoms with van der Waals surface area (Å²) in [5.74, 6) is 1.71. The van der Waals surface area contributed by atoms with Gasteiger partial charge in [0, 0.05) is 11.8 Å². The Morgan fingerprint density at radius 3 is 2.42 bits per heavy atom. The van der Waals surface area contributed by atoms with Crippen LogP contribution in [0.5, 0.6) is 0 Å². The van der Waals surface area contributed by atoms with E-state index in [0.29, 0.717) is 23.7 Å². The van der Waals surface area contributed by atoms with E-state index in [1.165, 1.54) is 50.1 Å². The van der Waals surface area contributed by atoms with Crippen molar-refractivity contribution in [2.24, 2.45) is 17.8 Å². The minimum Gasteiger partial charge on any atom is -0.0995 e. The number of hydrogen-bond acceptors (Lipinski definition) is 0. The largest absolute Gasteiger partial charge is 0.0995 e. The van der Waals surface area contributed by atoms with Crippen LogP contribution in [-0.4, -0.2) is 0 Å². The van der Waals surface area contributed by atoms with E-state index in [2.05, 4.69) is 121 Å². The van der Waals surface area contributed by atoms with Gasteiger partial charge < -0.3 is 0 Å². The van der Waals surface area contributed by atoms with Crippen molar-refractivity contribution in [3.05, 3.63) is 136 Å². The van der Waals surface area contributed by atoms with Crippen molar-refractivity contribution in [2.75, 3.05) is 0 Å². The molecule has 0 aromatic heterocycles. The Kier molecular flexibility index (Phi) is 8.10. The molecule has 5 rings (SSSR count). The predicted octanol–water partition coefficient (Wildman–Crippen LogP) is 11.1. The van der Waals surface area contributed by atoms with Gasteiger partial charge in [-0.2, -0.15) is 0 Å². The highest BCUT2D eigenvalue weighted by Gasteiger charge is 2.45. The lowest BCUT2D eigenvalue weighted by Crippen LogP contribution is -2.31. The van der Waals surface area contributed by atoms with Gasteiger partial charge in [-0.1, -0.05) is 145 Å². The molecule has 3 aliphatic rings. The summed E-state index contributed by atoms with van der Waals surface area (Å²) in [6.45, 7) is 23.2. The molecule has 0 aliphatic heterocycles. The summed E-state index contributed by atoms with van der Waals surface area (Å²) < 4.78 is 0. The normalized spacial score (nSPS) is 25.5. The molecule has 1 fully saturated rings. The van der Waals surface area contributed by atoms with Crippen molar-refractivity contribution in [2.45, 2.75) is 85.0 Å². The van der Waals surface area contributed by atoms with Gasteiger partial charge in [0.1, 0.15) is 0 Å². The number of aryl methyl sites for hydroxylation is 1. The minimum absolute atomic E-state index is 0.157. The molecular weight excluding hydrogens is 480 g/mol. The zero-order chi connectivity index (χ0) is 28.6. The molecule has 0 radical (unpaired) electrons. The Labute approximate surface area is 244 Å². The van der Waals surface area contributed by atoms with E-state index in [-0.39, 0.29) is 5.41 Å². The van der Waals surface area contributed by atoms with E-state index in [1.54, 1.807) is 5.57 Å². The molecule has 0 bridgehead atoms. The molecule has 0 N–H and O–H groups in total. The third-order valence-corrected chi connectivity index (χ3v) is 9.54. The molecule has 1 saturated carbocycles.